The minimum absolute atomic E-state index is 0.0395. The van der Waals surface area contributed by atoms with Crippen molar-refractivity contribution in [2.45, 2.75) is 63.6 Å². The largest absolute Gasteiger partial charge is 0.449 e. The molecular weight excluding hydrogens is 476 g/mol. The molecule has 4 atom stereocenters. The Morgan fingerprint density at radius 3 is 2.46 bits per heavy atom. The molecule has 2 fully saturated rings. The zero-order valence-corrected chi connectivity index (χ0v) is 21.0. The summed E-state index contributed by atoms with van der Waals surface area (Å²) in [5.41, 5.74) is -1.61. The summed E-state index contributed by atoms with van der Waals surface area (Å²) < 4.78 is 7.32. The normalized spacial score (nSPS) is 27.3. The van der Waals surface area contributed by atoms with Crippen molar-refractivity contribution in [3.8, 4) is 0 Å². The zero-order valence-electron chi connectivity index (χ0n) is 21.0. The van der Waals surface area contributed by atoms with Crippen LogP contribution in [-0.2, 0) is 19.9 Å². The summed E-state index contributed by atoms with van der Waals surface area (Å²) in [6.45, 7) is 6.80. The van der Waals surface area contributed by atoms with Crippen molar-refractivity contribution in [2.24, 2.45) is 5.92 Å². The SMILES string of the molecule is CC(C)[C@H](O)c1nc2ccccc2c(=O)n1[C@H]1C[C@]2(OC1=O)c1ccccc1N1C(=O)C(C)(C)N(O)[C@H]12. The molecule has 10 nitrogen and oxygen atoms in total. The van der Waals surface area contributed by atoms with E-state index in [9.17, 15) is 24.7 Å². The molecule has 6 rings (SSSR count). The van der Waals surface area contributed by atoms with Crippen molar-refractivity contribution in [3.05, 3.63) is 70.3 Å². The van der Waals surface area contributed by atoms with E-state index in [1.807, 2.05) is 0 Å². The summed E-state index contributed by atoms with van der Waals surface area (Å²) in [5.74, 6) is -1.23. The molecule has 2 aromatic carbocycles. The molecule has 2 saturated heterocycles. The smallest absolute Gasteiger partial charge is 0.330 e. The van der Waals surface area contributed by atoms with Gasteiger partial charge in [0.25, 0.3) is 11.5 Å². The predicted molar refractivity (Wildman–Crippen MR) is 133 cm³/mol. The number of nitrogens with zero attached hydrogens (tertiary/aromatic N) is 4. The monoisotopic (exact) mass is 504 g/mol. The summed E-state index contributed by atoms with van der Waals surface area (Å²) in [5, 5.41) is 23.5. The second kappa shape index (κ2) is 7.70. The highest BCUT2D eigenvalue weighted by Crippen LogP contribution is 2.58. The average molecular weight is 505 g/mol. The summed E-state index contributed by atoms with van der Waals surface area (Å²) in [6, 6.07) is 12.7. The first-order valence-electron chi connectivity index (χ1n) is 12.3. The first-order chi connectivity index (χ1) is 17.5. The molecule has 0 aliphatic carbocycles. The molecule has 1 amide bonds. The molecule has 2 N–H and O–H groups in total. The number of carbonyl (C=O) groups is 2. The van der Waals surface area contributed by atoms with Crippen LogP contribution in [0, 0.1) is 5.92 Å². The number of para-hydroxylation sites is 2. The van der Waals surface area contributed by atoms with Crippen LogP contribution < -0.4 is 10.5 Å². The molecule has 0 saturated carbocycles. The Labute approximate surface area is 212 Å². The number of amides is 1. The van der Waals surface area contributed by atoms with E-state index < -0.39 is 41.0 Å². The van der Waals surface area contributed by atoms with E-state index in [1.165, 1.54) is 9.47 Å². The average Bonchev–Trinajstić information content (AvgIpc) is 3.42. The number of aliphatic hydroxyl groups excluding tert-OH is 1. The summed E-state index contributed by atoms with van der Waals surface area (Å²) in [7, 11) is 0. The van der Waals surface area contributed by atoms with Crippen molar-refractivity contribution >= 4 is 28.5 Å². The Bertz CT molecular complexity index is 1530. The number of aliphatic hydroxyl groups is 1. The summed E-state index contributed by atoms with van der Waals surface area (Å²) in [4.78, 5) is 46.8. The van der Waals surface area contributed by atoms with Gasteiger partial charge in [0, 0.05) is 12.0 Å². The first kappa shape index (κ1) is 23.8. The lowest BCUT2D eigenvalue weighted by atomic mass is 9.87. The number of anilines is 1. The number of hydrogen-bond donors (Lipinski definition) is 2. The fourth-order valence-electron chi connectivity index (χ4n) is 5.90. The third-order valence-electron chi connectivity index (χ3n) is 7.92. The number of hydrogen-bond acceptors (Lipinski definition) is 8. The molecule has 3 aromatic rings. The van der Waals surface area contributed by atoms with Gasteiger partial charge >= 0.3 is 5.97 Å². The number of fused-ring (bicyclic) bond motifs is 6. The number of rotatable bonds is 3. The maximum absolute atomic E-state index is 13.8. The van der Waals surface area contributed by atoms with Crippen molar-refractivity contribution in [2.75, 3.05) is 4.90 Å². The van der Waals surface area contributed by atoms with E-state index in [4.69, 9.17) is 4.74 Å². The van der Waals surface area contributed by atoms with Crippen LogP contribution in [0.5, 0.6) is 0 Å². The molecule has 3 aliphatic rings. The molecule has 4 heterocycles. The zero-order chi connectivity index (χ0) is 26.4. The number of benzene rings is 2. The van der Waals surface area contributed by atoms with Crippen LogP contribution in [0.3, 0.4) is 0 Å². The van der Waals surface area contributed by atoms with Gasteiger partial charge in [0.1, 0.15) is 23.5 Å². The maximum Gasteiger partial charge on any atom is 0.330 e. The summed E-state index contributed by atoms with van der Waals surface area (Å²) >= 11 is 0. The number of aromatic nitrogens is 2. The van der Waals surface area contributed by atoms with Gasteiger partial charge in [-0.2, -0.15) is 0 Å². The highest BCUT2D eigenvalue weighted by Gasteiger charge is 2.70. The van der Waals surface area contributed by atoms with Gasteiger partial charge in [-0.3, -0.25) is 19.1 Å². The highest BCUT2D eigenvalue weighted by atomic mass is 16.6. The number of esters is 1. The fraction of sp³-hybridized carbons (Fsp3) is 0.407. The van der Waals surface area contributed by atoms with Crippen LogP contribution in [0.25, 0.3) is 10.9 Å². The van der Waals surface area contributed by atoms with E-state index in [-0.39, 0.29) is 24.1 Å². The Hall–Kier alpha value is -3.60. The van der Waals surface area contributed by atoms with Crippen LogP contribution in [0.15, 0.2) is 53.3 Å². The second-order valence-corrected chi connectivity index (χ2v) is 10.9. The third-order valence-corrected chi connectivity index (χ3v) is 7.92. The molecule has 1 aromatic heterocycles. The standard InChI is InChI=1S/C27H28N4O6/c1-14(2)20(32)21-28-17-11-7-5-9-15(17)22(33)29(21)19-13-27(37-23(19)34)16-10-6-8-12-18(16)30-24(27)31(36)26(3,4)25(30)35/h5-12,14,19-20,24,32,36H,13H2,1-4H3/t19-,20-,24-,27-/m0/s1. The second-order valence-electron chi connectivity index (χ2n) is 10.9. The number of carbonyl (C=O) groups excluding carboxylic acids is 2. The Balaban J connectivity index is 1.56. The van der Waals surface area contributed by atoms with E-state index in [0.29, 0.717) is 22.2 Å². The van der Waals surface area contributed by atoms with Crippen molar-refractivity contribution in [1.29, 1.82) is 0 Å². The lowest BCUT2D eigenvalue weighted by Gasteiger charge is -2.35. The summed E-state index contributed by atoms with van der Waals surface area (Å²) in [6.07, 6.45) is -2.17. The molecule has 3 aliphatic heterocycles. The van der Waals surface area contributed by atoms with Crippen LogP contribution in [-0.4, -0.2) is 48.5 Å². The molecule has 0 bridgehead atoms. The minimum atomic E-state index is -1.43. The lowest BCUT2D eigenvalue weighted by molar-refractivity contribution is -0.209. The topological polar surface area (TPSA) is 125 Å². The van der Waals surface area contributed by atoms with Crippen LogP contribution in [0.2, 0.25) is 0 Å². The molecule has 0 unspecified atom stereocenters. The van der Waals surface area contributed by atoms with Gasteiger partial charge in [-0.05, 0) is 38.0 Å². The molecule has 192 valence electrons. The predicted octanol–water partition coefficient (Wildman–Crippen LogP) is 2.63. The third kappa shape index (κ3) is 2.97. The molecular formula is C27H28N4O6. The van der Waals surface area contributed by atoms with Crippen molar-refractivity contribution in [3.63, 3.8) is 0 Å². The Morgan fingerprint density at radius 1 is 1.05 bits per heavy atom. The van der Waals surface area contributed by atoms with Crippen molar-refractivity contribution < 1.29 is 24.6 Å². The number of hydroxylamine groups is 2. The van der Waals surface area contributed by atoms with Crippen molar-refractivity contribution in [1.82, 2.24) is 14.6 Å². The van der Waals surface area contributed by atoms with Gasteiger partial charge in [-0.1, -0.05) is 44.2 Å². The van der Waals surface area contributed by atoms with Gasteiger partial charge in [0.2, 0.25) is 0 Å². The van der Waals surface area contributed by atoms with Crippen LogP contribution in [0.1, 0.15) is 57.6 Å². The number of ether oxygens (including phenoxy) is 1. The first-order valence-corrected chi connectivity index (χ1v) is 12.3. The van der Waals surface area contributed by atoms with Gasteiger partial charge in [0.05, 0.1) is 16.6 Å². The van der Waals surface area contributed by atoms with Crippen LogP contribution in [0.4, 0.5) is 5.69 Å². The van der Waals surface area contributed by atoms with E-state index >= 15 is 0 Å². The van der Waals surface area contributed by atoms with E-state index in [1.54, 1.807) is 76.2 Å². The Kier molecular flexibility index (Phi) is 4.95. The molecule has 10 heteroatoms. The minimum Gasteiger partial charge on any atom is -0.449 e. The quantitative estimate of drug-likeness (QED) is 0.522. The molecule has 0 radical (unpaired) electrons. The lowest BCUT2D eigenvalue weighted by Crippen LogP contribution is -2.52. The molecule has 37 heavy (non-hydrogen) atoms. The van der Waals surface area contributed by atoms with E-state index in [2.05, 4.69) is 4.98 Å². The van der Waals surface area contributed by atoms with Gasteiger partial charge in [0.15, 0.2) is 11.8 Å². The maximum atomic E-state index is 13.8. The Morgan fingerprint density at radius 2 is 1.73 bits per heavy atom. The van der Waals surface area contributed by atoms with Crippen LogP contribution >= 0.6 is 0 Å². The van der Waals surface area contributed by atoms with E-state index in [0.717, 1.165) is 5.06 Å². The fourth-order valence-corrected chi connectivity index (χ4v) is 5.90. The van der Waals surface area contributed by atoms with Gasteiger partial charge in [-0.25, -0.2) is 9.78 Å². The van der Waals surface area contributed by atoms with Gasteiger partial charge < -0.3 is 15.1 Å². The highest BCUT2D eigenvalue weighted by molar-refractivity contribution is 6.05. The van der Waals surface area contributed by atoms with Gasteiger partial charge in [-0.15, -0.1) is 5.06 Å². The molecule has 1 spiro atoms.